The van der Waals surface area contributed by atoms with E-state index in [2.05, 4.69) is 12.2 Å². The molecule has 2 aromatic rings. The van der Waals surface area contributed by atoms with Gasteiger partial charge < -0.3 is 30.4 Å². The van der Waals surface area contributed by atoms with E-state index in [-0.39, 0.29) is 28.6 Å². The number of nitrogen functional groups attached to an aromatic ring is 1. The van der Waals surface area contributed by atoms with E-state index in [4.69, 9.17) is 10.5 Å². The van der Waals surface area contributed by atoms with Gasteiger partial charge in [0.05, 0.1) is 23.7 Å². The Bertz CT molecular complexity index is 1170. The van der Waals surface area contributed by atoms with Gasteiger partial charge in [0.15, 0.2) is 11.6 Å². The number of hydrogen-bond acceptors (Lipinski definition) is 6. The number of carboxylic acids is 1. The number of pyridine rings is 1. The summed E-state index contributed by atoms with van der Waals surface area (Å²) in [5.41, 5.74) is 5.35. The topological polar surface area (TPSA) is 110 Å². The molecule has 1 aromatic carbocycles. The van der Waals surface area contributed by atoms with Crippen LogP contribution in [0.25, 0.3) is 10.9 Å². The van der Waals surface area contributed by atoms with Crippen molar-refractivity contribution in [2.45, 2.75) is 63.6 Å². The number of carboxylic acid groups (broad SMARTS) is 1. The van der Waals surface area contributed by atoms with Crippen molar-refractivity contribution in [3.8, 4) is 5.75 Å². The number of aromatic nitrogens is 1. The zero-order valence-electron chi connectivity index (χ0n) is 19.1. The van der Waals surface area contributed by atoms with Gasteiger partial charge >= 0.3 is 5.97 Å². The first-order valence-electron chi connectivity index (χ1n) is 11.8. The van der Waals surface area contributed by atoms with Gasteiger partial charge in [0.2, 0.25) is 5.43 Å². The van der Waals surface area contributed by atoms with Crippen LogP contribution >= 0.6 is 0 Å². The van der Waals surface area contributed by atoms with E-state index in [1.165, 1.54) is 26.1 Å². The molecule has 9 heteroatoms. The number of methoxy groups -OCH3 is 1. The molecule has 0 radical (unpaired) electrons. The van der Waals surface area contributed by atoms with Gasteiger partial charge in [0.1, 0.15) is 11.3 Å². The average molecular weight is 459 g/mol. The fourth-order valence-electron chi connectivity index (χ4n) is 5.25. The second-order valence-corrected chi connectivity index (χ2v) is 9.60. The van der Waals surface area contributed by atoms with Gasteiger partial charge in [-0.05, 0) is 38.0 Å². The van der Waals surface area contributed by atoms with Crippen molar-refractivity contribution < 1.29 is 19.0 Å². The first-order valence-corrected chi connectivity index (χ1v) is 11.8. The van der Waals surface area contributed by atoms with E-state index < -0.39 is 22.8 Å². The molecule has 4 N–H and O–H groups in total. The third-order valence-corrected chi connectivity index (χ3v) is 7.36. The van der Waals surface area contributed by atoms with Crippen LogP contribution in [0.3, 0.4) is 0 Å². The molecule has 3 fully saturated rings. The summed E-state index contributed by atoms with van der Waals surface area (Å²) in [4.78, 5) is 26.7. The number of nitrogens with one attached hydrogen (secondary N) is 1. The van der Waals surface area contributed by atoms with Gasteiger partial charge in [-0.1, -0.05) is 13.3 Å². The maximum absolute atomic E-state index is 15.8. The van der Waals surface area contributed by atoms with Gasteiger partial charge in [0, 0.05) is 37.4 Å². The molecule has 1 saturated heterocycles. The smallest absolute Gasteiger partial charge is 0.341 e. The van der Waals surface area contributed by atoms with Crippen molar-refractivity contribution >= 4 is 28.2 Å². The minimum absolute atomic E-state index is 0.0367. The largest absolute Gasteiger partial charge is 0.492 e. The average Bonchev–Trinajstić information content (AvgIpc) is 3.71. The Morgan fingerprint density at radius 2 is 2.03 bits per heavy atom. The second kappa shape index (κ2) is 8.20. The van der Waals surface area contributed by atoms with Crippen LogP contribution < -0.4 is 26.1 Å². The highest BCUT2D eigenvalue weighted by Crippen LogP contribution is 2.46. The van der Waals surface area contributed by atoms with Gasteiger partial charge in [-0.25, -0.2) is 9.18 Å². The van der Waals surface area contributed by atoms with E-state index in [1.54, 1.807) is 4.57 Å². The normalized spacial score (nSPS) is 23.2. The Hall–Kier alpha value is -2.81. The Kier molecular flexibility index (Phi) is 5.47. The zero-order valence-corrected chi connectivity index (χ0v) is 19.1. The molecular formula is C24H31FN4O4. The van der Waals surface area contributed by atoms with Crippen LogP contribution in [0.4, 0.5) is 15.8 Å². The SMILES string of the molecule is CCC1CN(c2c(F)c(N)c3c(=O)c(C(=O)O)cn(C4CC4)c3c2OC)CCC1NC1CC1. The molecule has 1 aliphatic heterocycles. The lowest BCUT2D eigenvalue weighted by atomic mass is 9.89. The minimum atomic E-state index is -1.35. The molecular weight excluding hydrogens is 427 g/mol. The first-order chi connectivity index (χ1) is 15.8. The molecule has 0 spiro atoms. The molecule has 3 aliphatic rings. The predicted molar refractivity (Wildman–Crippen MR) is 125 cm³/mol. The number of halogens is 1. The molecule has 2 heterocycles. The third-order valence-electron chi connectivity index (χ3n) is 7.36. The molecule has 2 unspecified atom stereocenters. The Balaban J connectivity index is 1.66. The number of ether oxygens (including phenoxy) is 1. The number of nitrogens with two attached hydrogens (primary N) is 1. The van der Waals surface area contributed by atoms with Gasteiger partial charge in [-0.15, -0.1) is 0 Å². The van der Waals surface area contributed by atoms with Crippen LogP contribution in [0.1, 0.15) is 61.8 Å². The summed E-state index contributed by atoms with van der Waals surface area (Å²) in [6.45, 7) is 3.44. The molecule has 1 aromatic heterocycles. The monoisotopic (exact) mass is 458 g/mol. The van der Waals surface area contributed by atoms with Gasteiger partial charge in [0.25, 0.3) is 0 Å². The van der Waals surface area contributed by atoms with Crippen LogP contribution in [0.15, 0.2) is 11.0 Å². The van der Waals surface area contributed by atoms with Crippen LogP contribution in [0, 0.1) is 11.7 Å². The Morgan fingerprint density at radius 1 is 1.30 bits per heavy atom. The number of carbonyl (C=O) groups is 1. The predicted octanol–water partition coefficient (Wildman–Crippen LogP) is 3.12. The number of rotatable bonds is 7. The highest BCUT2D eigenvalue weighted by Gasteiger charge is 2.37. The maximum atomic E-state index is 15.8. The van der Waals surface area contributed by atoms with Crippen molar-refractivity contribution in [2.24, 2.45) is 5.92 Å². The molecule has 8 nitrogen and oxygen atoms in total. The van der Waals surface area contributed by atoms with Crippen molar-refractivity contribution in [3.05, 3.63) is 27.8 Å². The van der Waals surface area contributed by atoms with E-state index in [0.29, 0.717) is 36.6 Å². The maximum Gasteiger partial charge on any atom is 0.341 e. The van der Waals surface area contributed by atoms with Crippen LogP contribution in [-0.2, 0) is 0 Å². The number of hydrogen-bond donors (Lipinski definition) is 3. The third kappa shape index (κ3) is 3.72. The molecule has 2 aliphatic carbocycles. The molecule has 2 saturated carbocycles. The van der Waals surface area contributed by atoms with Crippen molar-refractivity contribution in [1.29, 1.82) is 0 Å². The molecule has 178 valence electrons. The van der Waals surface area contributed by atoms with Crippen LogP contribution in [0.2, 0.25) is 0 Å². The Labute approximate surface area is 191 Å². The number of fused-ring (bicyclic) bond motifs is 1. The molecule has 2 atom stereocenters. The second-order valence-electron chi connectivity index (χ2n) is 9.60. The van der Waals surface area contributed by atoms with Crippen LogP contribution in [-0.4, -0.2) is 47.9 Å². The summed E-state index contributed by atoms with van der Waals surface area (Å²) in [6, 6.07) is 1.04. The molecule has 33 heavy (non-hydrogen) atoms. The highest BCUT2D eigenvalue weighted by molar-refractivity contribution is 6.03. The number of nitrogens with zero attached hydrogens (tertiary/aromatic N) is 2. The van der Waals surface area contributed by atoms with E-state index in [1.807, 2.05) is 4.90 Å². The number of anilines is 2. The highest BCUT2D eigenvalue weighted by atomic mass is 19.1. The van der Waals surface area contributed by atoms with Crippen molar-refractivity contribution in [2.75, 3.05) is 30.8 Å². The molecule has 0 amide bonds. The summed E-state index contributed by atoms with van der Waals surface area (Å²) in [5, 5.41) is 13.2. The van der Waals surface area contributed by atoms with Crippen molar-refractivity contribution in [3.63, 3.8) is 0 Å². The van der Waals surface area contributed by atoms with E-state index >= 15 is 4.39 Å². The fourth-order valence-corrected chi connectivity index (χ4v) is 5.25. The molecule has 0 bridgehead atoms. The summed E-state index contributed by atoms with van der Waals surface area (Å²) in [5.74, 6) is -1.47. The lowest BCUT2D eigenvalue weighted by Gasteiger charge is -2.41. The number of benzene rings is 1. The lowest BCUT2D eigenvalue weighted by molar-refractivity contribution is 0.0695. The van der Waals surface area contributed by atoms with E-state index in [9.17, 15) is 14.7 Å². The fraction of sp³-hybridized carbons (Fsp3) is 0.583. The first kappa shape index (κ1) is 22.0. The summed E-state index contributed by atoms with van der Waals surface area (Å²) < 4.78 is 23.3. The lowest BCUT2D eigenvalue weighted by Crippen LogP contribution is -2.50. The minimum Gasteiger partial charge on any atom is -0.492 e. The van der Waals surface area contributed by atoms with Crippen LogP contribution in [0.5, 0.6) is 5.75 Å². The van der Waals surface area contributed by atoms with Crippen molar-refractivity contribution in [1.82, 2.24) is 9.88 Å². The standard InChI is InChI=1S/C24H31FN4O4/c1-3-12-10-28(9-8-16(12)27-13-4-5-13)21-18(25)19(26)17-20(23(21)33-2)29(14-6-7-14)11-15(22(17)30)24(31)32/h11-14,16,27H,3-10,26H2,1-2H3,(H,31,32). The van der Waals surface area contributed by atoms with E-state index in [0.717, 1.165) is 25.7 Å². The molecule has 5 rings (SSSR count). The summed E-state index contributed by atoms with van der Waals surface area (Å²) in [6.07, 6.45) is 7.33. The summed E-state index contributed by atoms with van der Waals surface area (Å²) >= 11 is 0. The summed E-state index contributed by atoms with van der Waals surface area (Å²) in [7, 11) is 1.46. The zero-order chi connectivity index (χ0) is 23.4. The number of aromatic carboxylic acids is 1. The quantitative estimate of drug-likeness (QED) is 0.547. The number of piperidine rings is 1. The Morgan fingerprint density at radius 3 is 2.61 bits per heavy atom. The van der Waals surface area contributed by atoms with Gasteiger partial charge in [-0.2, -0.15) is 0 Å². The van der Waals surface area contributed by atoms with Gasteiger partial charge in [-0.3, -0.25) is 4.79 Å².